The summed E-state index contributed by atoms with van der Waals surface area (Å²) in [5.41, 5.74) is 8.19. The van der Waals surface area contributed by atoms with E-state index in [-0.39, 0.29) is 102 Å². The molecule has 44 heavy (non-hydrogen) atoms. The van der Waals surface area contributed by atoms with Crippen LogP contribution in [-0.4, -0.2) is 0 Å². The van der Waals surface area contributed by atoms with Crippen LogP contribution in [0, 0.1) is 11.8 Å². The second kappa shape index (κ2) is 21.8. The molecule has 0 aliphatic heterocycles. The van der Waals surface area contributed by atoms with E-state index in [1.165, 1.54) is 54.9 Å². The molecule has 224 valence electrons. The van der Waals surface area contributed by atoms with Crippen molar-refractivity contribution < 1.29 is 102 Å². The van der Waals surface area contributed by atoms with Crippen LogP contribution in [0.15, 0.2) is 121 Å². The molecule has 0 fully saturated rings. The third kappa shape index (κ3) is 11.7. The Morgan fingerprint density at radius 2 is 0.795 bits per heavy atom. The Morgan fingerprint density at radius 1 is 0.455 bits per heavy atom. The fourth-order valence-corrected chi connectivity index (χ4v) is 5.51. The molecular weight excluding hydrogens is 781 g/mol. The summed E-state index contributed by atoms with van der Waals surface area (Å²) in [5, 5.41) is 5.47. The molecule has 0 atom stereocenters. The van der Waals surface area contributed by atoms with Crippen molar-refractivity contribution in [3.8, 4) is 22.3 Å². The molecule has 0 N–H and O–H groups in total. The summed E-state index contributed by atoms with van der Waals surface area (Å²) >= 11 is 0. The van der Waals surface area contributed by atoms with Gasteiger partial charge in [-0.05, 0) is 35.8 Å². The first-order valence-electron chi connectivity index (χ1n) is 14.0. The summed E-state index contributed by atoms with van der Waals surface area (Å²) in [7, 11) is 0. The zero-order valence-electron chi connectivity index (χ0n) is 25.6. The Kier molecular flexibility index (Phi) is 22.3. The summed E-state index contributed by atoms with van der Waals surface area (Å²) in [6, 6.07) is 43.9. The summed E-state index contributed by atoms with van der Waals surface area (Å²) in [4.78, 5) is 0. The summed E-state index contributed by atoms with van der Waals surface area (Å²) in [5.74, 6) is 1.41. The number of rotatable bonds is 6. The third-order valence-corrected chi connectivity index (χ3v) is 7.08. The SMILES string of the molecule is CC(C)Cc1cc2c(-c3ccccc3)cccc2[cH-]1.CC(C)Cc1cc2c(-c3ccccc3)cccc2[cH-]1.[Cl-].[Cl-].[Cl-].[Cl-].[Zr+4].[Zr+4]. The molecule has 0 aromatic heterocycles. The van der Waals surface area contributed by atoms with Gasteiger partial charge in [0.05, 0.1) is 0 Å². The zero-order chi connectivity index (χ0) is 26.5. The predicted molar refractivity (Wildman–Crippen MR) is 167 cm³/mol. The molecule has 6 rings (SSSR count). The number of benzene rings is 4. The van der Waals surface area contributed by atoms with Gasteiger partial charge in [0.15, 0.2) is 0 Å². The first-order valence-corrected chi connectivity index (χ1v) is 14.0. The molecular formula is C38H38Cl4Zr2+2. The van der Waals surface area contributed by atoms with Crippen LogP contribution in [0.4, 0.5) is 0 Å². The zero-order valence-corrected chi connectivity index (χ0v) is 33.6. The van der Waals surface area contributed by atoms with Crippen molar-refractivity contribution in [1.82, 2.24) is 0 Å². The van der Waals surface area contributed by atoms with E-state index in [9.17, 15) is 0 Å². The fraction of sp³-hybridized carbons (Fsp3) is 0.211. The molecule has 0 aliphatic carbocycles. The van der Waals surface area contributed by atoms with Gasteiger partial charge < -0.3 is 49.6 Å². The van der Waals surface area contributed by atoms with E-state index in [0.717, 1.165) is 12.8 Å². The number of halogens is 4. The van der Waals surface area contributed by atoms with Crippen LogP contribution >= 0.6 is 0 Å². The van der Waals surface area contributed by atoms with Crippen LogP contribution in [-0.2, 0) is 65.2 Å². The topological polar surface area (TPSA) is 0 Å². The normalized spacial score (nSPS) is 9.77. The molecule has 0 aliphatic rings. The van der Waals surface area contributed by atoms with Gasteiger partial charge in [-0.2, -0.15) is 12.1 Å². The van der Waals surface area contributed by atoms with Crippen molar-refractivity contribution in [2.45, 2.75) is 40.5 Å². The van der Waals surface area contributed by atoms with Crippen LogP contribution in [0.1, 0.15) is 38.8 Å². The van der Waals surface area contributed by atoms with Gasteiger partial charge in [0.1, 0.15) is 0 Å². The van der Waals surface area contributed by atoms with E-state index in [1.54, 1.807) is 0 Å². The minimum atomic E-state index is 0. The van der Waals surface area contributed by atoms with Gasteiger partial charge >= 0.3 is 52.4 Å². The van der Waals surface area contributed by atoms with Crippen molar-refractivity contribution in [3.05, 3.63) is 132 Å². The van der Waals surface area contributed by atoms with E-state index in [0.29, 0.717) is 11.8 Å². The minimum absolute atomic E-state index is 0. The maximum Gasteiger partial charge on any atom is 4.00 e. The van der Waals surface area contributed by atoms with Crippen molar-refractivity contribution in [1.29, 1.82) is 0 Å². The van der Waals surface area contributed by atoms with Crippen LogP contribution in [0.3, 0.4) is 0 Å². The molecule has 0 radical (unpaired) electrons. The van der Waals surface area contributed by atoms with Crippen LogP contribution in [0.25, 0.3) is 43.8 Å². The summed E-state index contributed by atoms with van der Waals surface area (Å²) in [6.45, 7) is 9.09. The number of hydrogen-bond donors (Lipinski definition) is 0. The van der Waals surface area contributed by atoms with E-state index >= 15 is 0 Å². The second-order valence-corrected chi connectivity index (χ2v) is 11.3. The van der Waals surface area contributed by atoms with Gasteiger partial charge in [0, 0.05) is 0 Å². The molecule has 0 spiro atoms. The molecule has 0 amide bonds. The van der Waals surface area contributed by atoms with Crippen molar-refractivity contribution in [3.63, 3.8) is 0 Å². The van der Waals surface area contributed by atoms with E-state index in [2.05, 4.69) is 149 Å². The average Bonchev–Trinajstić information content (AvgIpc) is 3.52. The maximum atomic E-state index is 2.36. The van der Waals surface area contributed by atoms with Gasteiger partial charge in [-0.1, -0.05) is 112 Å². The number of hydrogen-bond acceptors (Lipinski definition) is 0. The molecule has 0 saturated carbocycles. The molecule has 0 nitrogen and oxygen atoms in total. The number of fused-ring (bicyclic) bond motifs is 2. The molecule has 6 heteroatoms. The van der Waals surface area contributed by atoms with E-state index < -0.39 is 0 Å². The maximum absolute atomic E-state index is 2.36. The van der Waals surface area contributed by atoms with Gasteiger partial charge in [-0.25, -0.2) is 0 Å². The Labute approximate surface area is 327 Å². The molecule has 0 saturated heterocycles. The van der Waals surface area contributed by atoms with Crippen molar-refractivity contribution >= 4 is 21.5 Å². The van der Waals surface area contributed by atoms with Crippen molar-refractivity contribution in [2.75, 3.05) is 0 Å². The second-order valence-electron chi connectivity index (χ2n) is 11.3. The van der Waals surface area contributed by atoms with Gasteiger partial charge in [-0.15, -0.1) is 69.1 Å². The Balaban J connectivity index is 0. The van der Waals surface area contributed by atoms with Crippen LogP contribution in [0.2, 0.25) is 0 Å². The first-order chi connectivity index (χ1) is 18.5. The predicted octanol–water partition coefficient (Wildman–Crippen LogP) is -1.14. The Bertz CT molecular complexity index is 1500. The first kappa shape index (κ1) is 45.1. The minimum Gasteiger partial charge on any atom is -1.00 e. The molecule has 0 unspecified atom stereocenters. The van der Waals surface area contributed by atoms with Gasteiger partial charge in [-0.3, -0.25) is 0 Å². The van der Waals surface area contributed by atoms with Crippen LogP contribution in [0.5, 0.6) is 0 Å². The fourth-order valence-electron chi connectivity index (χ4n) is 5.51. The molecule has 6 aromatic carbocycles. The van der Waals surface area contributed by atoms with Gasteiger partial charge in [0.25, 0.3) is 0 Å². The van der Waals surface area contributed by atoms with Crippen molar-refractivity contribution in [2.24, 2.45) is 11.8 Å². The Hall–Kier alpha value is -0.974. The molecule has 0 bridgehead atoms. The standard InChI is InChI=1S/2C19H19.4ClH.2Zr/c2*1-14(2)11-15-12-17-9-6-10-18(19(17)13-15)16-7-4-3-5-8-16;;;;;;/h2*3-10,12-14H,11H2,1-2H3;4*1H;;/q2*-1;;;;;2*+4/p-4. The molecule has 6 aromatic rings. The van der Waals surface area contributed by atoms with E-state index in [1.807, 2.05) is 0 Å². The monoisotopic (exact) mass is 814 g/mol. The quantitative estimate of drug-likeness (QED) is 0.187. The van der Waals surface area contributed by atoms with Crippen LogP contribution < -0.4 is 49.6 Å². The third-order valence-electron chi connectivity index (χ3n) is 7.08. The largest absolute Gasteiger partial charge is 4.00 e. The average molecular weight is 819 g/mol. The van der Waals surface area contributed by atoms with Gasteiger partial charge in [0.2, 0.25) is 0 Å². The van der Waals surface area contributed by atoms with E-state index in [4.69, 9.17) is 0 Å². The summed E-state index contributed by atoms with van der Waals surface area (Å²) < 4.78 is 0. The molecule has 0 heterocycles. The smallest absolute Gasteiger partial charge is 1.00 e. The summed E-state index contributed by atoms with van der Waals surface area (Å²) in [6.07, 6.45) is 2.31. The Morgan fingerprint density at radius 3 is 1.11 bits per heavy atom.